The topological polar surface area (TPSA) is 57.5 Å². The molecular formula is C19H28O3. The molecule has 3 nitrogen and oxygen atoms in total. The number of Topliss-reactive ketones (excluding diaryl/α,β-unsaturated/α-hetero) is 1. The second-order valence-corrected chi connectivity index (χ2v) is 9.37. The molecule has 0 saturated heterocycles. The predicted molar refractivity (Wildman–Crippen MR) is 82.0 cm³/mol. The molecule has 5 aliphatic rings. The molecule has 0 amide bonds. The molecule has 0 aliphatic heterocycles. The van der Waals surface area contributed by atoms with Gasteiger partial charge >= 0.3 is 0 Å². The zero-order chi connectivity index (χ0) is 15.3. The minimum atomic E-state index is -0.225. The molecule has 0 radical (unpaired) electrons. The zero-order valence-corrected chi connectivity index (χ0v) is 13.6. The number of ketones is 1. The van der Waals surface area contributed by atoms with E-state index in [0.29, 0.717) is 36.4 Å². The van der Waals surface area contributed by atoms with Crippen LogP contribution in [0.3, 0.4) is 0 Å². The molecule has 0 unspecified atom stereocenters. The summed E-state index contributed by atoms with van der Waals surface area (Å²) in [5, 5.41) is 21.4. The van der Waals surface area contributed by atoms with Crippen LogP contribution in [0.2, 0.25) is 0 Å². The summed E-state index contributed by atoms with van der Waals surface area (Å²) in [6.45, 7) is 2.30. The highest BCUT2D eigenvalue weighted by molar-refractivity contribution is 5.82. The molecule has 5 aliphatic carbocycles. The van der Waals surface area contributed by atoms with Gasteiger partial charge in [-0.1, -0.05) is 6.92 Å². The van der Waals surface area contributed by atoms with Gasteiger partial charge in [-0.25, -0.2) is 0 Å². The maximum absolute atomic E-state index is 12.0. The van der Waals surface area contributed by atoms with E-state index in [1.54, 1.807) is 0 Å². The molecule has 5 saturated carbocycles. The Balaban J connectivity index is 1.52. The largest absolute Gasteiger partial charge is 0.393 e. The van der Waals surface area contributed by atoms with E-state index in [4.69, 9.17) is 0 Å². The van der Waals surface area contributed by atoms with Crippen LogP contribution in [0.1, 0.15) is 64.7 Å². The Kier molecular flexibility index (Phi) is 2.52. The second kappa shape index (κ2) is 3.97. The van der Waals surface area contributed by atoms with Gasteiger partial charge in [0.05, 0.1) is 12.2 Å². The van der Waals surface area contributed by atoms with E-state index in [-0.39, 0.29) is 28.5 Å². The van der Waals surface area contributed by atoms with E-state index in [9.17, 15) is 15.0 Å². The first-order valence-electron chi connectivity index (χ1n) is 9.33. The highest BCUT2D eigenvalue weighted by Gasteiger charge is 2.82. The van der Waals surface area contributed by atoms with Crippen molar-refractivity contribution in [3.8, 4) is 0 Å². The SMILES string of the molecule is C[C@]12CC[C@H]3[C@@H](CC[C@@]45CC(=O)CC[C@]34[C@@H]5O)[C@@H]1CC[C@@H]2O. The van der Waals surface area contributed by atoms with Gasteiger partial charge in [0, 0.05) is 23.7 Å². The summed E-state index contributed by atoms with van der Waals surface area (Å²) in [6.07, 6.45) is 8.51. The fourth-order valence-corrected chi connectivity index (χ4v) is 8.04. The first-order valence-corrected chi connectivity index (χ1v) is 9.33. The smallest absolute Gasteiger partial charge is 0.133 e. The van der Waals surface area contributed by atoms with Crippen molar-refractivity contribution in [3.63, 3.8) is 0 Å². The van der Waals surface area contributed by atoms with Crippen molar-refractivity contribution >= 4 is 5.78 Å². The van der Waals surface area contributed by atoms with Gasteiger partial charge in [-0.2, -0.15) is 0 Å². The van der Waals surface area contributed by atoms with Gasteiger partial charge in [-0.05, 0) is 68.1 Å². The van der Waals surface area contributed by atoms with Crippen molar-refractivity contribution < 1.29 is 15.0 Å². The molecule has 122 valence electrons. The van der Waals surface area contributed by atoms with E-state index >= 15 is 0 Å². The highest BCUT2D eigenvalue weighted by atomic mass is 16.3. The fourth-order valence-electron chi connectivity index (χ4n) is 8.04. The van der Waals surface area contributed by atoms with Gasteiger partial charge in [0.15, 0.2) is 0 Å². The molecule has 5 rings (SSSR count). The number of hydrogen-bond donors (Lipinski definition) is 2. The van der Waals surface area contributed by atoms with E-state index in [1.165, 1.54) is 6.42 Å². The molecular weight excluding hydrogens is 276 g/mol. The molecule has 0 spiro atoms. The Bertz CT molecular complexity index is 545. The number of hydrogen-bond acceptors (Lipinski definition) is 3. The van der Waals surface area contributed by atoms with Crippen LogP contribution in [0.5, 0.6) is 0 Å². The predicted octanol–water partition coefficient (Wildman–Crippen LogP) is 2.68. The van der Waals surface area contributed by atoms with E-state index in [1.807, 2.05) is 0 Å². The lowest BCUT2D eigenvalue weighted by Crippen LogP contribution is -2.49. The first kappa shape index (κ1) is 14.0. The summed E-state index contributed by atoms with van der Waals surface area (Å²) in [4.78, 5) is 12.0. The third-order valence-corrected chi connectivity index (χ3v) is 9.16. The Labute approximate surface area is 132 Å². The number of aliphatic hydroxyl groups is 2. The maximum atomic E-state index is 12.0. The third kappa shape index (κ3) is 1.28. The first-order chi connectivity index (χ1) is 10.5. The number of aliphatic hydroxyl groups excluding tert-OH is 2. The van der Waals surface area contributed by atoms with Gasteiger partial charge in [0.1, 0.15) is 5.78 Å². The normalized spacial score (nSPS) is 62.7. The number of fused-ring (bicyclic) bond motifs is 3. The Morgan fingerprint density at radius 3 is 2.64 bits per heavy atom. The van der Waals surface area contributed by atoms with Crippen LogP contribution < -0.4 is 0 Å². The molecule has 0 aromatic rings. The lowest BCUT2D eigenvalue weighted by Gasteiger charge is -2.54. The van der Waals surface area contributed by atoms with E-state index in [2.05, 4.69) is 6.92 Å². The summed E-state index contributed by atoms with van der Waals surface area (Å²) in [7, 11) is 0. The highest BCUT2D eigenvalue weighted by Crippen LogP contribution is 2.82. The molecule has 0 heterocycles. The lowest BCUT2D eigenvalue weighted by atomic mass is 9.50. The Hall–Kier alpha value is -0.410. The fraction of sp³-hybridized carbons (Fsp3) is 0.947. The van der Waals surface area contributed by atoms with Crippen LogP contribution in [0, 0.1) is 34.0 Å². The van der Waals surface area contributed by atoms with Crippen molar-refractivity contribution in [2.45, 2.75) is 76.9 Å². The molecule has 0 aromatic heterocycles. The molecule has 3 heteroatoms. The monoisotopic (exact) mass is 304 g/mol. The molecule has 0 aromatic carbocycles. The van der Waals surface area contributed by atoms with Gasteiger partial charge in [-0.3, -0.25) is 4.79 Å². The maximum Gasteiger partial charge on any atom is 0.133 e. The molecule has 2 N–H and O–H groups in total. The van der Waals surface area contributed by atoms with Gasteiger partial charge in [0.25, 0.3) is 0 Å². The average Bonchev–Trinajstić information content (AvgIpc) is 2.89. The summed E-state index contributed by atoms with van der Waals surface area (Å²) in [5.41, 5.74) is 0.134. The van der Waals surface area contributed by atoms with Crippen molar-refractivity contribution in [2.75, 3.05) is 0 Å². The quantitative estimate of drug-likeness (QED) is 0.723. The van der Waals surface area contributed by atoms with Crippen LogP contribution in [0.25, 0.3) is 0 Å². The molecule has 22 heavy (non-hydrogen) atoms. The summed E-state index contributed by atoms with van der Waals surface area (Å²) in [6, 6.07) is 0. The van der Waals surface area contributed by atoms with Gasteiger partial charge in [-0.15, -0.1) is 0 Å². The van der Waals surface area contributed by atoms with Gasteiger partial charge in [0.2, 0.25) is 0 Å². The Morgan fingerprint density at radius 1 is 1.00 bits per heavy atom. The van der Waals surface area contributed by atoms with Crippen molar-refractivity contribution in [1.82, 2.24) is 0 Å². The third-order valence-electron chi connectivity index (χ3n) is 9.16. The number of carbonyl (C=O) groups is 1. The van der Waals surface area contributed by atoms with Crippen LogP contribution in [-0.4, -0.2) is 28.2 Å². The van der Waals surface area contributed by atoms with Crippen molar-refractivity contribution in [2.24, 2.45) is 34.0 Å². The van der Waals surface area contributed by atoms with Gasteiger partial charge < -0.3 is 10.2 Å². The lowest BCUT2D eigenvalue weighted by molar-refractivity contribution is -0.128. The van der Waals surface area contributed by atoms with E-state index < -0.39 is 0 Å². The number of rotatable bonds is 0. The molecule has 0 bridgehead atoms. The van der Waals surface area contributed by atoms with Crippen molar-refractivity contribution in [3.05, 3.63) is 0 Å². The minimum absolute atomic E-state index is 0.0472. The van der Waals surface area contributed by atoms with Crippen LogP contribution in [0.15, 0.2) is 0 Å². The summed E-state index contributed by atoms with van der Waals surface area (Å²) >= 11 is 0. The summed E-state index contributed by atoms with van der Waals surface area (Å²) < 4.78 is 0. The van der Waals surface area contributed by atoms with E-state index in [0.717, 1.165) is 38.5 Å². The van der Waals surface area contributed by atoms with Crippen LogP contribution >= 0.6 is 0 Å². The zero-order valence-electron chi connectivity index (χ0n) is 13.6. The van der Waals surface area contributed by atoms with Crippen LogP contribution in [-0.2, 0) is 4.79 Å². The number of carbonyl (C=O) groups excluding carboxylic acids is 1. The Morgan fingerprint density at radius 2 is 1.82 bits per heavy atom. The van der Waals surface area contributed by atoms with Crippen molar-refractivity contribution in [1.29, 1.82) is 0 Å². The second-order valence-electron chi connectivity index (χ2n) is 9.37. The summed E-state index contributed by atoms with van der Waals surface area (Å²) in [5.74, 6) is 2.30. The minimum Gasteiger partial charge on any atom is -0.393 e. The molecule has 5 fully saturated rings. The molecule has 8 atom stereocenters. The van der Waals surface area contributed by atoms with Crippen LogP contribution in [0.4, 0.5) is 0 Å². The average molecular weight is 304 g/mol. The standard InChI is InChI=1S/C19H28O3/c1-17-7-6-14-12(13(17)2-3-15(17)21)5-8-18-10-11(20)4-9-19(14,18)16(18)22/h12-16,21-22H,2-10H2,1H3/t12-,13-,14-,15-,16+,17-,18-,19+/m0/s1.